The number of hydrogen-bond donors (Lipinski definition) is 1. The Morgan fingerprint density at radius 1 is 1.32 bits per heavy atom. The summed E-state index contributed by atoms with van der Waals surface area (Å²) in [5.41, 5.74) is -1.95. The van der Waals surface area contributed by atoms with Crippen molar-refractivity contribution in [2.45, 2.75) is 43.3 Å². The highest BCUT2D eigenvalue weighted by molar-refractivity contribution is 7.99. The van der Waals surface area contributed by atoms with E-state index >= 15 is 0 Å². The third kappa shape index (κ3) is 3.42. The van der Waals surface area contributed by atoms with E-state index in [4.69, 9.17) is 0 Å². The van der Waals surface area contributed by atoms with Gasteiger partial charge in [0.1, 0.15) is 0 Å². The molecule has 1 heterocycles. The summed E-state index contributed by atoms with van der Waals surface area (Å²) in [6, 6.07) is 9.35. The van der Waals surface area contributed by atoms with Crippen LogP contribution in [0.25, 0.3) is 0 Å². The van der Waals surface area contributed by atoms with Crippen LogP contribution >= 0.6 is 11.8 Å². The Morgan fingerprint density at radius 2 is 2.04 bits per heavy atom. The van der Waals surface area contributed by atoms with Crippen molar-refractivity contribution >= 4 is 23.4 Å². The maximum atomic E-state index is 13.6. The third-order valence-corrected chi connectivity index (χ3v) is 5.59. The van der Waals surface area contributed by atoms with Crippen LogP contribution in [-0.4, -0.2) is 39.4 Å². The van der Waals surface area contributed by atoms with Gasteiger partial charge in [0.2, 0.25) is 0 Å². The Hall–Kier alpha value is -1.54. The van der Waals surface area contributed by atoms with Gasteiger partial charge in [0, 0.05) is 11.5 Å². The average Bonchev–Trinajstić information content (AvgIpc) is 2.90. The molecule has 4 nitrogen and oxygen atoms in total. The second-order valence-electron chi connectivity index (χ2n) is 6.30. The monoisotopic (exact) mass is 372 g/mol. The molecule has 1 saturated carbocycles. The molecular formula is C17H19F3N2O2S. The van der Waals surface area contributed by atoms with Crippen LogP contribution in [0, 0.1) is 5.92 Å². The van der Waals surface area contributed by atoms with Gasteiger partial charge in [-0.25, -0.2) is 0 Å². The summed E-state index contributed by atoms with van der Waals surface area (Å²) in [7, 11) is 0. The number of rotatable bonds is 4. The second-order valence-corrected chi connectivity index (χ2v) is 7.28. The van der Waals surface area contributed by atoms with E-state index in [1.54, 1.807) is 0 Å². The summed E-state index contributed by atoms with van der Waals surface area (Å²) < 4.78 is 40.8. The van der Waals surface area contributed by atoms with Crippen molar-refractivity contribution in [1.29, 1.82) is 0 Å². The SMILES string of the molecule is O=C(CSCc1ccccc1)N1N=C2CCCC[C@@H]2[C@@]1(O)C(F)(F)F. The maximum Gasteiger partial charge on any atom is 0.439 e. The summed E-state index contributed by atoms with van der Waals surface area (Å²) in [6.45, 7) is 0. The van der Waals surface area contributed by atoms with Gasteiger partial charge in [-0.05, 0) is 24.8 Å². The molecular weight excluding hydrogens is 353 g/mol. The molecule has 1 aliphatic carbocycles. The van der Waals surface area contributed by atoms with Crippen molar-refractivity contribution in [2.24, 2.45) is 11.0 Å². The molecule has 1 N–H and O–H groups in total. The van der Waals surface area contributed by atoms with E-state index in [-0.39, 0.29) is 22.9 Å². The molecule has 136 valence electrons. The highest BCUT2D eigenvalue weighted by Gasteiger charge is 2.68. The number of hydrogen-bond acceptors (Lipinski definition) is 4. The molecule has 25 heavy (non-hydrogen) atoms. The van der Waals surface area contributed by atoms with Gasteiger partial charge in [-0.3, -0.25) is 4.79 Å². The maximum absolute atomic E-state index is 13.6. The fourth-order valence-corrected chi connectivity index (χ4v) is 4.18. The molecule has 0 radical (unpaired) electrons. The molecule has 1 aliphatic heterocycles. The molecule has 1 fully saturated rings. The van der Waals surface area contributed by atoms with Crippen LogP contribution in [0.3, 0.4) is 0 Å². The first-order valence-corrected chi connectivity index (χ1v) is 9.30. The van der Waals surface area contributed by atoms with Crippen LogP contribution in [0.2, 0.25) is 0 Å². The number of hydrazone groups is 1. The van der Waals surface area contributed by atoms with Gasteiger partial charge in [0.15, 0.2) is 0 Å². The second kappa shape index (κ2) is 6.99. The Kier molecular flexibility index (Phi) is 5.11. The molecule has 2 aliphatic rings. The van der Waals surface area contributed by atoms with E-state index in [1.165, 1.54) is 11.8 Å². The molecule has 1 aromatic carbocycles. The predicted molar refractivity (Wildman–Crippen MR) is 89.8 cm³/mol. The zero-order valence-corrected chi connectivity index (χ0v) is 14.3. The highest BCUT2D eigenvalue weighted by Crippen LogP contribution is 2.48. The summed E-state index contributed by atoms with van der Waals surface area (Å²) >= 11 is 1.21. The van der Waals surface area contributed by atoms with Gasteiger partial charge in [-0.15, -0.1) is 11.8 Å². The lowest BCUT2D eigenvalue weighted by Gasteiger charge is -2.38. The molecule has 1 amide bonds. The van der Waals surface area contributed by atoms with Crippen molar-refractivity contribution < 1.29 is 23.1 Å². The molecule has 8 heteroatoms. The number of carbonyl (C=O) groups excluding carboxylic acids is 1. The quantitative estimate of drug-likeness (QED) is 0.879. The molecule has 0 bridgehead atoms. The number of halogens is 3. The van der Waals surface area contributed by atoms with Crippen molar-refractivity contribution in [2.75, 3.05) is 5.75 Å². The number of thioether (sulfide) groups is 1. The normalized spacial score (nSPS) is 26.3. The number of alkyl halides is 3. The smallest absolute Gasteiger partial charge is 0.362 e. The molecule has 0 saturated heterocycles. The topological polar surface area (TPSA) is 52.9 Å². The van der Waals surface area contributed by atoms with Gasteiger partial charge in [-0.1, -0.05) is 36.8 Å². The lowest BCUT2D eigenvalue weighted by molar-refractivity contribution is -0.316. The third-order valence-electron chi connectivity index (χ3n) is 4.61. The Labute approximate surface area is 148 Å². The zero-order chi connectivity index (χ0) is 18.1. The minimum atomic E-state index is -4.94. The first kappa shape index (κ1) is 18.3. The van der Waals surface area contributed by atoms with Crippen LogP contribution in [0.5, 0.6) is 0 Å². The van der Waals surface area contributed by atoms with Crippen molar-refractivity contribution in [1.82, 2.24) is 5.01 Å². The largest absolute Gasteiger partial charge is 0.439 e. The zero-order valence-electron chi connectivity index (χ0n) is 13.5. The van der Waals surface area contributed by atoms with Crippen LogP contribution < -0.4 is 0 Å². The van der Waals surface area contributed by atoms with Gasteiger partial charge in [0.25, 0.3) is 11.6 Å². The summed E-state index contributed by atoms with van der Waals surface area (Å²) in [4.78, 5) is 12.4. The van der Waals surface area contributed by atoms with E-state index in [1.807, 2.05) is 30.3 Å². The number of carbonyl (C=O) groups is 1. The fraction of sp³-hybridized carbons (Fsp3) is 0.529. The van der Waals surface area contributed by atoms with Crippen LogP contribution in [0.4, 0.5) is 13.2 Å². The van der Waals surface area contributed by atoms with Crippen molar-refractivity contribution in [3.63, 3.8) is 0 Å². The van der Waals surface area contributed by atoms with Crippen LogP contribution in [0.15, 0.2) is 35.4 Å². The lowest BCUT2D eigenvalue weighted by Crippen LogP contribution is -2.61. The summed E-state index contributed by atoms with van der Waals surface area (Å²) in [5.74, 6) is -1.63. The summed E-state index contributed by atoms with van der Waals surface area (Å²) in [6.07, 6.45) is -3.04. The van der Waals surface area contributed by atoms with Crippen LogP contribution in [-0.2, 0) is 10.5 Å². The van der Waals surface area contributed by atoms with Crippen molar-refractivity contribution in [3.8, 4) is 0 Å². The first-order chi connectivity index (χ1) is 11.8. The Balaban J connectivity index is 1.72. The Morgan fingerprint density at radius 3 is 2.72 bits per heavy atom. The van der Waals surface area contributed by atoms with E-state index in [9.17, 15) is 23.1 Å². The molecule has 0 unspecified atom stereocenters. The molecule has 3 rings (SSSR count). The van der Waals surface area contributed by atoms with Crippen LogP contribution in [0.1, 0.15) is 31.2 Å². The van der Waals surface area contributed by atoms with Crippen molar-refractivity contribution in [3.05, 3.63) is 35.9 Å². The van der Waals surface area contributed by atoms with E-state index in [0.717, 1.165) is 12.0 Å². The number of aliphatic hydroxyl groups is 1. The number of nitrogens with zero attached hydrogens (tertiary/aromatic N) is 2. The van der Waals surface area contributed by atoms with Gasteiger partial charge >= 0.3 is 6.18 Å². The predicted octanol–water partition coefficient (Wildman–Crippen LogP) is 3.56. The average molecular weight is 372 g/mol. The first-order valence-electron chi connectivity index (χ1n) is 8.15. The van der Waals surface area contributed by atoms with Gasteiger partial charge in [-0.2, -0.15) is 23.3 Å². The lowest BCUT2D eigenvalue weighted by atomic mass is 9.80. The standard InChI is InChI=1S/C17H19F3N2O2S/c18-17(19,20)16(24)13-8-4-5-9-14(13)21-22(16)15(23)11-25-10-12-6-2-1-3-7-12/h1-3,6-7,13,24H,4-5,8-11H2/t13-,16+/m0/s1. The number of benzene rings is 1. The van der Waals surface area contributed by atoms with E-state index < -0.39 is 23.7 Å². The number of fused-ring (bicyclic) bond motifs is 1. The number of amides is 1. The fourth-order valence-electron chi connectivity index (χ4n) is 3.36. The van der Waals surface area contributed by atoms with Gasteiger partial charge < -0.3 is 5.11 Å². The minimum Gasteiger partial charge on any atom is -0.362 e. The summed E-state index contributed by atoms with van der Waals surface area (Å²) in [5, 5.41) is 14.6. The highest BCUT2D eigenvalue weighted by atomic mass is 32.2. The minimum absolute atomic E-state index is 0.170. The molecule has 2 atom stereocenters. The molecule has 0 spiro atoms. The molecule has 1 aromatic rings. The van der Waals surface area contributed by atoms with E-state index in [0.29, 0.717) is 18.6 Å². The van der Waals surface area contributed by atoms with E-state index in [2.05, 4.69) is 5.10 Å². The molecule has 0 aromatic heterocycles. The van der Waals surface area contributed by atoms with Gasteiger partial charge in [0.05, 0.1) is 11.7 Å². The Bertz CT molecular complexity index is 666.